The van der Waals surface area contributed by atoms with Gasteiger partial charge in [0.25, 0.3) is 11.8 Å². The Morgan fingerprint density at radius 1 is 0.897 bits per heavy atom. The highest BCUT2D eigenvalue weighted by Gasteiger charge is 2.53. The van der Waals surface area contributed by atoms with Gasteiger partial charge in [0.2, 0.25) is 0 Å². The Balaban J connectivity index is 1.64. The van der Waals surface area contributed by atoms with Crippen molar-refractivity contribution in [2.45, 2.75) is 37.3 Å². The summed E-state index contributed by atoms with van der Waals surface area (Å²) < 4.78 is 11.4. The van der Waals surface area contributed by atoms with Crippen LogP contribution < -0.4 is 0 Å². The van der Waals surface area contributed by atoms with Gasteiger partial charge in [0.1, 0.15) is 24.4 Å². The molecule has 2 heterocycles. The zero-order valence-corrected chi connectivity index (χ0v) is 15.4. The molecule has 1 fully saturated rings. The summed E-state index contributed by atoms with van der Waals surface area (Å²) in [6.07, 6.45) is -5.39. The third-order valence-electron chi connectivity index (χ3n) is 5.23. The van der Waals surface area contributed by atoms with Crippen LogP contribution in [0.15, 0.2) is 54.6 Å². The van der Waals surface area contributed by atoms with Gasteiger partial charge < -0.3 is 24.8 Å². The minimum absolute atomic E-state index is 0.0894. The SMILES string of the molecule is O=C1c2ccccc2C(=O)N1[C@@H]1[C@H](OCc2ccccc2)O[C@H](CO)[C@@H](O)[C@@H]1O. The van der Waals surface area contributed by atoms with Crippen molar-refractivity contribution in [1.29, 1.82) is 0 Å². The molecular weight excluding hydrogens is 378 g/mol. The first-order chi connectivity index (χ1) is 14.0. The van der Waals surface area contributed by atoms with Gasteiger partial charge in [-0.05, 0) is 17.7 Å². The summed E-state index contributed by atoms with van der Waals surface area (Å²) in [5, 5.41) is 30.5. The van der Waals surface area contributed by atoms with Crippen molar-refractivity contribution < 1.29 is 34.4 Å². The monoisotopic (exact) mass is 399 g/mol. The average molecular weight is 399 g/mol. The maximum atomic E-state index is 12.9. The summed E-state index contributed by atoms with van der Waals surface area (Å²) in [5.74, 6) is -1.19. The Hall–Kier alpha value is -2.62. The van der Waals surface area contributed by atoms with Gasteiger partial charge in [-0.15, -0.1) is 0 Å². The molecule has 4 rings (SSSR count). The number of nitrogens with zero attached hydrogens (tertiary/aromatic N) is 1. The van der Waals surface area contributed by atoms with Gasteiger partial charge in [-0.2, -0.15) is 0 Å². The zero-order valence-electron chi connectivity index (χ0n) is 15.4. The molecule has 2 aromatic rings. The van der Waals surface area contributed by atoms with Gasteiger partial charge in [0.05, 0.1) is 24.3 Å². The van der Waals surface area contributed by atoms with Gasteiger partial charge in [0.15, 0.2) is 6.29 Å². The number of ether oxygens (including phenoxy) is 2. The Bertz CT molecular complexity index is 868. The van der Waals surface area contributed by atoms with E-state index >= 15 is 0 Å². The summed E-state index contributed by atoms with van der Waals surface area (Å²) >= 11 is 0. The van der Waals surface area contributed by atoms with Gasteiger partial charge in [-0.1, -0.05) is 42.5 Å². The van der Waals surface area contributed by atoms with Crippen molar-refractivity contribution in [2.75, 3.05) is 6.61 Å². The predicted octanol–water partition coefficient (Wildman–Crippen LogP) is 0.307. The van der Waals surface area contributed by atoms with Crippen LogP contribution in [0, 0.1) is 0 Å². The lowest BCUT2D eigenvalue weighted by Crippen LogP contribution is -2.65. The lowest BCUT2D eigenvalue weighted by atomic mass is 9.95. The van der Waals surface area contributed by atoms with Crippen molar-refractivity contribution in [3.8, 4) is 0 Å². The van der Waals surface area contributed by atoms with Crippen molar-refractivity contribution in [3.63, 3.8) is 0 Å². The van der Waals surface area contributed by atoms with Crippen LogP contribution in [0.25, 0.3) is 0 Å². The highest BCUT2D eigenvalue weighted by molar-refractivity contribution is 6.21. The quantitative estimate of drug-likeness (QED) is 0.620. The first kappa shape index (κ1) is 19.7. The van der Waals surface area contributed by atoms with Crippen LogP contribution in [-0.2, 0) is 16.1 Å². The molecule has 0 unspecified atom stereocenters. The number of fused-ring (bicyclic) bond motifs is 1. The standard InChI is InChI=1S/C21H21NO7/c23-10-15-17(24)18(25)16(21(29-15)28-11-12-6-2-1-3-7-12)22-19(26)13-8-4-5-9-14(13)20(22)27/h1-9,15-18,21,23-25H,10-11H2/t15-,16+,17-,18-,21-/m1/s1. The number of aliphatic hydroxyl groups is 3. The van der Waals surface area contributed by atoms with Gasteiger partial charge in [-0.3, -0.25) is 14.5 Å². The normalized spacial score (nSPS) is 29.2. The smallest absolute Gasteiger partial charge is 0.262 e. The molecule has 8 nitrogen and oxygen atoms in total. The first-order valence-corrected chi connectivity index (χ1v) is 9.28. The Labute approximate surface area is 166 Å². The maximum absolute atomic E-state index is 12.9. The second kappa shape index (κ2) is 8.02. The first-order valence-electron chi connectivity index (χ1n) is 9.28. The van der Waals surface area contributed by atoms with Crippen LogP contribution in [-0.4, -0.2) is 69.3 Å². The lowest BCUT2D eigenvalue weighted by molar-refractivity contribution is -0.282. The molecule has 8 heteroatoms. The molecule has 5 atom stereocenters. The molecule has 2 amide bonds. The molecule has 2 aliphatic rings. The number of hydrogen-bond donors (Lipinski definition) is 3. The number of rotatable bonds is 5. The molecular formula is C21H21NO7. The van der Waals surface area contributed by atoms with E-state index in [1.807, 2.05) is 30.3 Å². The molecule has 0 aromatic heterocycles. The Kier molecular flexibility index (Phi) is 5.44. The second-order valence-corrected chi connectivity index (χ2v) is 7.02. The largest absolute Gasteiger partial charge is 0.394 e. The third-order valence-corrected chi connectivity index (χ3v) is 5.23. The molecule has 0 spiro atoms. The number of carbonyl (C=O) groups is 2. The lowest BCUT2D eigenvalue weighted by Gasteiger charge is -2.44. The molecule has 2 aliphatic heterocycles. The van der Waals surface area contributed by atoms with E-state index < -0.39 is 49.1 Å². The predicted molar refractivity (Wildman–Crippen MR) is 99.7 cm³/mol. The molecule has 1 saturated heterocycles. The van der Waals surface area contributed by atoms with Crippen molar-refractivity contribution >= 4 is 11.8 Å². The number of imide groups is 1. The molecule has 0 saturated carbocycles. The van der Waals surface area contributed by atoms with E-state index in [-0.39, 0.29) is 17.7 Å². The van der Waals surface area contributed by atoms with E-state index in [4.69, 9.17) is 9.47 Å². The van der Waals surface area contributed by atoms with E-state index in [0.29, 0.717) is 0 Å². The van der Waals surface area contributed by atoms with Crippen molar-refractivity contribution in [3.05, 3.63) is 71.3 Å². The Morgan fingerprint density at radius 3 is 2.07 bits per heavy atom. The van der Waals surface area contributed by atoms with E-state index in [1.165, 1.54) is 12.1 Å². The number of hydrogen-bond acceptors (Lipinski definition) is 7. The molecule has 2 aromatic carbocycles. The van der Waals surface area contributed by atoms with Gasteiger partial charge in [0, 0.05) is 0 Å². The fraction of sp³-hybridized carbons (Fsp3) is 0.333. The van der Waals surface area contributed by atoms with E-state index in [0.717, 1.165) is 10.5 Å². The van der Waals surface area contributed by atoms with Crippen LogP contribution in [0.1, 0.15) is 26.3 Å². The minimum atomic E-state index is -1.55. The number of aliphatic hydroxyl groups excluding tert-OH is 3. The van der Waals surface area contributed by atoms with Crippen LogP contribution in [0.5, 0.6) is 0 Å². The van der Waals surface area contributed by atoms with E-state index in [1.54, 1.807) is 12.1 Å². The molecule has 3 N–H and O–H groups in total. The summed E-state index contributed by atoms with van der Waals surface area (Å²) in [4.78, 5) is 26.6. The molecule has 0 aliphatic carbocycles. The zero-order chi connectivity index (χ0) is 20.5. The van der Waals surface area contributed by atoms with Crippen LogP contribution >= 0.6 is 0 Å². The molecule has 29 heavy (non-hydrogen) atoms. The third kappa shape index (κ3) is 3.45. The highest BCUT2D eigenvalue weighted by Crippen LogP contribution is 2.32. The topological polar surface area (TPSA) is 117 Å². The van der Waals surface area contributed by atoms with E-state index in [2.05, 4.69) is 0 Å². The molecule has 0 radical (unpaired) electrons. The van der Waals surface area contributed by atoms with Crippen molar-refractivity contribution in [2.24, 2.45) is 0 Å². The van der Waals surface area contributed by atoms with Gasteiger partial charge in [-0.25, -0.2) is 0 Å². The summed E-state index contributed by atoms with van der Waals surface area (Å²) in [7, 11) is 0. The average Bonchev–Trinajstić information content (AvgIpc) is 3.00. The highest BCUT2D eigenvalue weighted by atomic mass is 16.7. The number of benzene rings is 2. The van der Waals surface area contributed by atoms with Crippen LogP contribution in [0.2, 0.25) is 0 Å². The van der Waals surface area contributed by atoms with E-state index in [9.17, 15) is 24.9 Å². The number of carbonyl (C=O) groups excluding carboxylic acids is 2. The molecule has 0 bridgehead atoms. The number of amides is 2. The van der Waals surface area contributed by atoms with Crippen molar-refractivity contribution in [1.82, 2.24) is 4.90 Å². The van der Waals surface area contributed by atoms with Gasteiger partial charge >= 0.3 is 0 Å². The fourth-order valence-electron chi connectivity index (χ4n) is 3.71. The maximum Gasteiger partial charge on any atom is 0.262 e. The summed E-state index contributed by atoms with van der Waals surface area (Å²) in [6, 6.07) is 14.2. The minimum Gasteiger partial charge on any atom is -0.394 e. The Morgan fingerprint density at radius 2 is 1.48 bits per heavy atom. The van der Waals surface area contributed by atoms with Crippen LogP contribution in [0.3, 0.4) is 0 Å². The van der Waals surface area contributed by atoms with Crippen LogP contribution in [0.4, 0.5) is 0 Å². The summed E-state index contributed by atoms with van der Waals surface area (Å²) in [5.41, 5.74) is 1.24. The summed E-state index contributed by atoms with van der Waals surface area (Å²) in [6.45, 7) is -0.468. The molecule has 152 valence electrons. The second-order valence-electron chi connectivity index (χ2n) is 7.02. The fourth-order valence-corrected chi connectivity index (χ4v) is 3.71.